The maximum Gasteiger partial charge on any atom is 0.302 e. The maximum atomic E-state index is 12.4. The van der Waals surface area contributed by atoms with E-state index in [1.54, 1.807) is 6.33 Å². The number of aldehydes is 1. The number of carbonyl (C=O) groups excluding carboxylic acids is 2. The van der Waals surface area contributed by atoms with Crippen LogP contribution in [-0.4, -0.2) is 37.9 Å². The lowest BCUT2D eigenvalue weighted by molar-refractivity contribution is -0.148. The first-order chi connectivity index (χ1) is 16.8. The van der Waals surface area contributed by atoms with Crippen molar-refractivity contribution in [1.29, 1.82) is 0 Å². The number of hydrogen-bond donors (Lipinski definition) is 0. The van der Waals surface area contributed by atoms with Gasteiger partial charge in [-0.2, -0.15) is 0 Å². The second-order valence-electron chi connectivity index (χ2n) is 11.3. The van der Waals surface area contributed by atoms with Gasteiger partial charge in [0, 0.05) is 30.0 Å². The van der Waals surface area contributed by atoms with Gasteiger partial charge < -0.3 is 4.74 Å². The highest BCUT2D eigenvalue weighted by Gasteiger charge is 2.58. The fourth-order valence-corrected chi connectivity index (χ4v) is 8.33. The van der Waals surface area contributed by atoms with Crippen LogP contribution in [0.3, 0.4) is 0 Å². The van der Waals surface area contributed by atoms with Crippen molar-refractivity contribution in [2.24, 2.45) is 28.6 Å². The van der Waals surface area contributed by atoms with Crippen LogP contribution in [0.15, 0.2) is 29.9 Å². The third-order valence-electron chi connectivity index (χ3n) is 9.74. The van der Waals surface area contributed by atoms with Crippen LogP contribution in [0, 0.1) is 28.6 Å². The Balaban J connectivity index is 1.36. The molecular formula is C27H31ClN4O3. The number of esters is 1. The van der Waals surface area contributed by atoms with Gasteiger partial charge in [0.05, 0.1) is 0 Å². The third-order valence-corrected chi connectivity index (χ3v) is 10.0. The van der Waals surface area contributed by atoms with Gasteiger partial charge in [0.2, 0.25) is 0 Å². The Morgan fingerprint density at radius 2 is 1.94 bits per heavy atom. The standard InChI is InChI=1S/C27H31ClN4O3/c1-15(34)35-18-6-8-26(2)17(11-18)4-5-19-20(26)7-9-27(3)21(19)10-16(12-33)23(27)32-14-31-22-24(28)29-13-30-25(22)32/h4,12-14,18-21H,5-11H2,1-3H3/t18?,19-,20+,21+,26+,27+/m1/s1. The van der Waals surface area contributed by atoms with Gasteiger partial charge in [0.15, 0.2) is 10.8 Å². The normalized spacial score (nSPS) is 36.3. The fraction of sp³-hybridized carbons (Fsp3) is 0.593. The molecule has 0 saturated heterocycles. The SMILES string of the molecule is CC(=O)OC1CC[C@@]2(C)C(=CC[C@@H]3[C@@H]2CC[C@]2(C)C(n4cnc5c(Cl)ncnc54)=C(C=O)C[C@@H]32)C1. The molecule has 0 spiro atoms. The van der Waals surface area contributed by atoms with Crippen LogP contribution >= 0.6 is 11.6 Å². The van der Waals surface area contributed by atoms with Crippen molar-refractivity contribution in [1.82, 2.24) is 19.5 Å². The van der Waals surface area contributed by atoms with E-state index in [-0.39, 0.29) is 22.9 Å². The molecule has 2 fully saturated rings. The van der Waals surface area contributed by atoms with Gasteiger partial charge in [-0.1, -0.05) is 37.1 Å². The third kappa shape index (κ3) is 3.26. The van der Waals surface area contributed by atoms with E-state index in [1.165, 1.54) is 18.8 Å². The number of carbonyl (C=O) groups is 2. The molecule has 1 unspecified atom stereocenters. The predicted molar refractivity (Wildman–Crippen MR) is 132 cm³/mol. The van der Waals surface area contributed by atoms with Gasteiger partial charge in [-0.3, -0.25) is 14.2 Å². The zero-order valence-electron chi connectivity index (χ0n) is 20.5. The molecule has 184 valence electrons. The van der Waals surface area contributed by atoms with Crippen molar-refractivity contribution < 1.29 is 14.3 Å². The number of rotatable bonds is 3. The van der Waals surface area contributed by atoms with E-state index < -0.39 is 0 Å². The molecule has 4 aliphatic carbocycles. The van der Waals surface area contributed by atoms with Gasteiger partial charge >= 0.3 is 5.97 Å². The quantitative estimate of drug-likeness (QED) is 0.246. The number of ether oxygens (including phenoxy) is 1. The summed E-state index contributed by atoms with van der Waals surface area (Å²) < 4.78 is 7.57. The van der Waals surface area contributed by atoms with Crippen molar-refractivity contribution in [2.45, 2.75) is 71.8 Å². The molecule has 2 aromatic heterocycles. The Kier molecular flexibility index (Phi) is 5.22. The second-order valence-corrected chi connectivity index (χ2v) is 11.7. The van der Waals surface area contributed by atoms with E-state index in [0.717, 1.165) is 62.5 Å². The van der Waals surface area contributed by atoms with Crippen LogP contribution in [0.4, 0.5) is 0 Å². The summed E-state index contributed by atoms with van der Waals surface area (Å²) in [5.74, 6) is 1.27. The minimum Gasteiger partial charge on any atom is -0.462 e. The molecule has 0 aromatic carbocycles. The van der Waals surface area contributed by atoms with Gasteiger partial charge in [-0.05, 0) is 61.7 Å². The van der Waals surface area contributed by atoms with Crippen LogP contribution in [0.5, 0.6) is 0 Å². The van der Waals surface area contributed by atoms with Crippen LogP contribution in [-0.2, 0) is 14.3 Å². The van der Waals surface area contributed by atoms with Crippen LogP contribution in [0.2, 0.25) is 5.15 Å². The number of nitrogens with zero attached hydrogens (tertiary/aromatic N) is 4. The molecule has 2 aromatic rings. The second kappa shape index (κ2) is 7.99. The summed E-state index contributed by atoms with van der Waals surface area (Å²) in [5, 5.41) is 0.327. The van der Waals surface area contributed by atoms with Gasteiger partial charge in [0.1, 0.15) is 30.6 Å². The first kappa shape index (κ1) is 22.9. The molecule has 0 bridgehead atoms. The Morgan fingerprint density at radius 1 is 1.14 bits per heavy atom. The van der Waals surface area contributed by atoms with Gasteiger partial charge in [-0.15, -0.1) is 0 Å². The Labute approximate surface area is 210 Å². The van der Waals surface area contributed by atoms with Crippen LogP contribution < -0.4 is 0 Å². The molecule has 0 amide bonds. The lowest BCUT2D eigenvalue weighted by Gasteiger charge is -2.57. The average Bonchev–Trinajstić information content (AvgIpc) is 3.37. The highest BCUT2D eigenvalue weighted by atomic mass is 35.5. The smallest absolute Gasteiger partial charge is 0.302 e. The number of allylic oxidation sites excluding steroid dienone is 3. The van der Waals surface area contributed by atoms with Crippen LogP contribution in [0.25, 0.3) is 16.9 Å². The summed E-state index contributed by atoms with van der Waals surface area (Å²) in [6.45, 7) is 6.25. The number of fused-ring (bicyclic) bond motifs is 6. The van der Waals surface area contributed by atoms with Crippen molar-refractivity contribution in [3.8, 4) is 0 Å². The summed E-state index contributed by atoms with van der Waals surface area (Å²) in [4.78, 5) is 36.9. The minimum atomic E-state index is -0.189. The Bertz CT molecular complexity index is 1300. The van der Waals surface area contributed by atoms with Crippen LogP contribution in [0.1, 0.15) is 65.7 Å². The Hall–Kier alpha value is -2.54. The number of imidazole rings is 1. The fourth-order valence-electron chi connectivity index (χ4n) is 8.16. The largest absolute Gasteiger partial charge is 0.462 e. The molecule has 35 heavy (non-hydrogen) atoms. The highest BCUT2D eigenvalue weighted by molar-refractivity contribution is 6.33. The lowest BCUT2D eigenvalue weighted by atomic mass is 9.47. The minimum absolute atomic E-state index is 0.00184. The predicted octanol–water partition coefficient (Wildman–Crippen LogP) is 5.39. The summed E-state index contributed by atoms with van der Waals surface area (Å²) in [6, 6.07) is 0. The lowest BCUT2D eigenvalue weighted by Crippen LogP contribution is -2.50. The maximum absolute atomic E-state index is 12.4. The van der Waals surface area contributed by atoms with E-state index >= 15 is 0 Å². The number of aromatic nitrogens is 4. The first-order valence-corrected chi connectivity index (χ1v) is 13.0. The van der Waals surface area contributed by atoms with Crippen molar-refractivity contribution in [3.05, 3.63) is 35.0 Å². The summed E-state index contributed by atoms with van der Waals surface area (Å²) in [6.07, 6.45) is 13.4. The van der Waals surface area contributed by atoms with E-state index in [9.17, 15) is 9.59 Å². The molecule has 7 nitrogen and oxygen atoms in total. The molecule has 0 N–H and O–H groups in total. The van der Waals surface area contributed by atoms with E-state index in [0.29, 0.717) is 34.1 Å². The molecule has 4 aliphatic rings. The monoisotopic (exact) mass is 494 g/mol. The van der Waals surface area contributed by atoms with E-state index in [4.69, 9.17) is 16.3 Å². The van der Waals surface area contributed by atoms with E-state index in [2.05, 4.69) is 34.9 Å². The number of halogens is 1. The first-order valence-electron chi connectivity index (χ1n) is 12.7. The summed E-state index contributed by atoms with van der Waals surface area (Å²) in [7, 11) is 0. The molecule has 0 radical (unpaired) electrons. The van der Waals surface area contributed by atoms with Gasteiger partial charge in [-0.25, -0.2) is 15.0 Å². The topological polar surface area (TPSA) is 87.0 Å². The van der Waals surface area contributed by atoms with Crippen molar-refractivity contribution in [2.75, 3.05) is 0 Å². The van der Waals surface area contributed by atoms with Crippen molar-refractivity contribution in [3.63, 3.8) is 0 Å². The zero-order chi connectivity index (χ0) is 24.5. The average molecular weight is 495 g/mol. The van der Waals surface area contributed by atoms with E-state index in [1.807, 2.05) is 4.57 Å². The Morgan fingerprint density at radius 3 is 2.71 bits per heavy atom. The molecule has 8 heteroatoms. The molecule has 2 saturated carbocycles. The zero-order valence-corrected chi connectivity index (χ0v) is 21.2. The molecule has 2 heterocycles. The summed E-state index contributed by atoms with van der Waals surface area (Å²) in [5.41, 5.74) is 4.57. The number of hydrogen-bond acceptors (Lipinski definition) is 6. The van der Waals surface area contributed by atoms with Crippen molar-refractivity contribution >= 4 is 40.7 Å². The summed E-state index contributed by atoms with van der Waals surface area (Å²) >= 11 is 6.28. The molecular weight excluding hydrogens is 464 g/mol. The van der Waals surface area contributed by atoms with Gasteiger partial charge in [0.25, 0.3) is 0 Å². The molecule has 6 atom stereocenters. The molecule has 0 aliphatic heterocycles. The highest BCUT2D eigenvalue weighted by Crippen LogP contribution is 2.66. The molecule has 6 rings (SSSR count).